The Labute approximate surface area is 373 Å². The summed E-state index contributed by atoms with van der Waals surface area (Å²) < 4.78 is 0. The molecule has 3 saturated heterocycles. The van der Waals surface area contributed by atoms with Gasteiger partial charge in [-0.05, 0) is 55.1 Å². The number of para-hydroxylation sites is 1. The van der Waals surface area contributed by atoms with Crippen LogP contribution in [-0.2, 0) is 49.6 Å². The summed E-state index contributed by atoms with van der Waals surface area (Å²) in [4.78, 5) is 131. The lowest BCUT2D eigenvalue weighted by Crippen LogP contribution is -2.62. The summed E-state index contributed by atoms with van der Waals surface area (Å²) in [6, 6.07) is -0.936. The van der Waals surface area contributed by atoms with Crippen LogP contribution >= 0.6 is 0 Å². The number of nitrogens with two attached hydrogens (primary N) is 1. The quantitative estimate of drug-likeness (QED) is 0.162. The molecule has 9 N–H and O–H groups in total. The monoisotopic (exact) mass is 891 g/mol. The van der Waals surface area contributed by atoms with Crippen LogP contribution in [-0.4, -0.2) is 130 Å². The first-order valence-electron chi connectivity index (χ1n) is 22.7. The molecular weight excluding hydrogens is 825 g/mol. The Morgan fingerprint density at radius 3 is 1.73 bits per heavy atom. The van der Waals surface area contributed by atoms with Gasteiger partial charge in [-0.3, -0.25) is 43.2 Å². The molecule has 19 heteroatoms. The fourth-order valence-electron chi connectivity index (χ4n) is 8.73. The van der Waals surface area contributed by atoms with E-state index in [1.807, 2.05) is 45.0 Å². The average Bonchev–Trinajstić information content (AvgIpc) is 4.07. The summed E-state index contributed by atoms with van der Waals surface area (Å²) in [6.07, 6.45) is 3.81. The van der Waals surface area contributed by atoms with Crippen LogP contribution in [0.4, 0.5) is 0 Å². The third kappa shape index (κ3) is 11.6. The van der Waals surface area contributed by atoms with Crippen molar-refractivity contribution in [3.8, 4) is 0 Å². The van der Waals surface area contributed by atoms with Crippen LogP contribution in [0.1, 0.15) is 98.5 Å². The number of fused-ring (bicyclic) bond motifs is 3. The number of carbonyl (C=O) groups excluding carboxylic acids is 9. The Morgan fingerprint density at radius 2 is 1.16 bits per heavy atom. The van der Waals surface area contributed by atoms with Gasteiger partial charge in [-0.2, -0.15) is 0 Å². The predicted octanol–water partition coefficient (Wildman–Crippen LogP) is 0.260. The van der Waals surface area contributed by atoms with Crippen molar-refractivity contribution in [2.24, 2.45) is 23.5 Å². The highest BCUT2D eigenvalue weighted by molar-refractivity contribution is 6.00. The summed E-state index contributed by atoms with van der Waals surface area (Å²) in [6.45, 7) is 10.7. The molecule has 5 rings (SSSR count). The van der Waals surface area contributed by atoms with Crippen molar-refractivity contribution in [2.45, 2.75) is 142 Å². The minimum Gasteiger partial charge on any atom is -0.370 e. The summed E-state index contributed by atoms with van der Waals surface area (Å²) in [7, 11) is 0. The van der Waals surface area contributed by atoms with E-state index in [0.717, 1.165) is 10.9 Å². The number of nitrogens with zero attached hydrogens (tertiary/aromatic N) is 2. The third-order valence-electron chi connectivity index (χ3n) is 13.3. The minimum absolute atomic E-state index is 0.0669. The van der Waals surface area contributed by atoms with Gasteiger partial charge in [0.15, 0.2) is 0 Å². The van der Waals surface area contributed by atoms with E-state index < -0.39 is 120 Å². The normalized spacial score (nSPS) is 27.5. The first-order chi connectivity index (χ1) is 30.5. The molecule has 3 aliphatic heterocycles. The number of hydrogen-bond donors (Lipinski definition) is 8. The summed E-state index contributed by atoms with van der Waals surface area (Å²) in [5.41, 5.74) is 7.07. The molecule has 0 saturated carbocycles. The molecule has 0 spiro atoms. The van der Waals surface area contributed by atoms with E-state index in [0.29, 0.717) is 44.1 Å². The molecule has 0 aliphatic carbocycles. The number of aromatic amines is 1. The van der Waals surface area contributed by atoms with Crippen molar-refractivity contribution in [3.63, 3.8) is 0 Å². The molecule has 0 bridgehead atoms. The maximum atomic E-state index is 14.5. The van der Waals surface area contributed by atoms with E-state index >= 15 is 0 Å². The molecule has 0 radical (unpaired) electrons. The number of hydrogen-bond acceptors (Lipinski definition) is 9. The maximum Gasteiger partial charge on any atom is 0.246 e. The van der Waals surface area contributed by atoms with Gasteiger partial charge in [-0.15, -0.1) is 0 Å². The van der Waals surface area contributed by atoms with Crippen LogP contribution in [0.15, 0.2) is 30.5 Å². The second kappa shape index (κ2) is 22.1. The third-order valence-corrected chi connectivity index (χ3v) is 13.3. The van der Waals surface area contributed by atoms with E-state index in [1.54, 1.807) is 27.0 Å². The highest BCUT2D eigenvalue weighted by Crippen LogP contribution is 2.24. The standard InChI is InChI=1S/C45H66N10O9/c1-7-24(4)36-42(61)48-23-35(57)54-18-12-16-32(54)40(59)51-37(25(5)8-2)43(62)49-30(20-27-22-47-29-15-11-10-14-28(27)29)39(58)50-31(21-34(46)56)45(64)55-19-13-17-33(55)41(60)52-38(26(6)9-3)44(63)53-36/h10-11,14-15,22,24-26,30-33,36-38,47H,7-9,12-13,16-21,23H2,1-6H3,(H2,46,56)(H,48,61)(H,49,62)(H,50,58)(H,51,59)(H,52,60)(H,53,63)/t24-,25+,26+,30-,31-,32-,33-,36-,37-,38-/m0/s1. The number of H-pyrrole nitrogens is 1. The number of aromatic nitrogens is 1. The number of nitrogens with one attached hydrogen (secondary N) is 7. The first-order valence-corrected chi connectivity index (χ1v) is 22.7. The van der Waals surface area contributed by atoms with Gasteiger partial charge in [0.2, 0.25) is 53.2 Å². The van der Waals surface area contributed by atoms with Crippen LogP contribution in [0, 0.1) is 17.8 Å². The van der Waals surface area contributed by atoms with Crippen molar-refractivity contribution in [1.29, 1.82) is 0 Å². The van der Waals surface area contributed by atoms with Crippen LogP contribution < -0.4 is 37.6 Å². The topological polar surface area (TPSA) is 274 Å². The highest BCUT2D eigenvalue weighted by atomic mass is 16.2. The average molecular weight is 891 g/mol. The van der Waals surface area contributed by atoms with E-state index in [-0.39, 0.29) is 31.8 Å². The zero-order valence-electron chi connectivity index (χ0n) is 37.8. The van der Waals surface area contributed by atoms with Crippen molar-refractivity contribution < 1.29 is 43.2 Å². The van der Waals surface area contributed by atoms with Crippen LogP contribution in [0.3, 0.4) is 0 Å². The molecule has 10 atom stereocenters. The van der Waals surface area contributed by atoms with Crippen LogP contribution in [0.25, 0.3) is 10.9 Å². The fourth-order valence-corrected chi connectivity index (χ4v) is 8.73. The highest BCUT2D eigenvalue weighted by Gasteiger charge is 2.43. The fraction of sp³-hybridized carbons (Fsp3) is 0.622. The van der Waals surface area contributed by atoms with Gasteiger partial charge in [0.05, 0.1) is 13.0 Å². The Bertz CT molecular complexity index is 2070. The lowest BCUT2D eigenvalue weighted by Gasteiger charge is -2.33. The largest absolute Gasteiger partial charge is 0.370 e. The first kappa shape index (κ1) is 49.0. The number of carbonyl (C=O) groups is 9. The molecular formula is C45H66N10O9. The van der Waals surface area contributed by atoms with Gasteiger partial charge in [0.1, 0.15) is 42.3 Å². The second-order valence-electron chi connectivity index (χ2n) is 17.6. The van der Waals surface area contributed by atoms with E-state index in [9.17, 15) is 43.2 Å². The van der Waals surface area contributed by atoms with Gasteiger partial charge in [0, 0.05) is 36.6 Å². The van der Waals surface area contributed by atoms with Crippen LogP contribution in [0.5, 0.6) is 0 Å². The van der Waals surface area contributed by atoms with E-state index in [2.05, 4.69) is 36.9 Å². The zero-order chi connectivity index (χ0) is 46.8. The molecule has 1 aromatic carbocycles. The van der Waals surface area contributed by atoms with Gasteiger partial charge in [0.25, 0.3) is 0 Å². The van der Waals surface area contributed by atoms with Gasteiger partial charge < -0.3 is 52.4 Å². The second-order valence-corrected chi connectivity index (χ2v) is 17.6. The summed E-state index contributed by atoms with van der Waals surface area (Å²) in [5, 5.41) is 17.4. The lowest BCUT2D eigenvalue weighted by molar-refractivity contribution is -0.144. The van der Waals surface area contributed by atoms with E-state index in [1.165, 1.54) is 9.80 Å². The Kier molecular flexibility index (Phi) is 16.9. The molecule has 64 heavy (non-hydrogen) atoms. The Balaban J connectivity index is 1.55. The van der Waals surface area contributed by atoms with Crippen LogP contribution in [0.2, 0.25) is 0 Å². The molecule has 0 unspecified atom stereocenters. The number of amides is 9. The van der Waals surface area contributed by atoms with Crippen molar-refractivity contribution in [3.05, 3.63) is 36.0 Å². The molecule has 4 heterocycles. The molecule has 3 fully saturated rings. The number of benzene rings is 1. The SMILES string of the molecule is CC[C@@H](C)[C@@H]1NC(=O)[C@@H]2CCCN2C(=O)CNC(=O)[C@H]([C@@H](C)CC)NC(=O)[C@H]([C@H](C)CC)NC(=O)[C@@H]2CCCN2C(=O)[C@H](CC(N)=O)NC(=O)[C@H](Cc2c[nH]c3ccccc23)NC1=O. The smallest absolute Gasteiger partial charge is 0.246 e. The molecule has 3 aliphatic rings. The number of rotatable bonds is 10. The van der Waals surface area contributed by atoms with E-state index in [4.69, 9.17) is 5.73 Å². The van der Waals surface area contributed by atoms with Gasteiger partial charge in [-0.25, -0.2) is 0 Å². The van der Waals surface area contributed by atoms with Crippen molar-refractivity contribution >= 4 is 64.1 Å². The Hall–Kier alpha value is -6.01. The zero-order valence-corrected chi connectivity index (χ0v) is 37.8. The van der Waals surface area contributed by atoms with Crippen molar-refractivity contribution in [2.75, 3.05) is 19.6 Å². The molecule has 1 aromatic heterocycles. The molecule has 350 valence electrons. The predicted molar refractivity (Wildman–Crippen MR) is 236 cm³/mol. The maximum absolute atomic E-state index is 14.5. The lowest BCUT2D eigenvalue weighted by atomic mass is 9.94. The molecule has 9 amide bonds. The van der Waals surface area contributed by atoms with Gasteiger partial charge >= 0.3 is 0 Å². The minimum atomic E-state index is -1.54. The van der Waals surface area contributed by atoms with Gasteiger partial charge in [-0.1, -0.05) is 79.0 Å². The summed E-state index contributed by atoms with van der Waals surface area (Å²) >= 11 is 0. The van der Waals surface area contributed by atoms with Crippen molar-refractivity contribution in [1.82, 2.24) is 46.7 Å². The molecule has 2 aromatic rings. The molecule has 19 nitrogen and oxygen atoms in total. The summed E-state index contributed by atoms with van der Waals surface area (Å²) in [5.74, 6) is -7.42. The Morgan fingerprint density at radius 1 is 0.656 bits per heavy atom. The number of primary amides is 1.